The Morgan fingerprint density at radius 1 is 0.354 bits per heavy atom. The molecule has 0 aliphatic carbocycles. The van der Waals surface area contributed by atoms with Gasteiger partial charge in [0.1, 0.15) is 53.5 Å². The predicted molar refractivity (Wildman–Crippen MR) is 426 cm³/mol. The fourth-order valence-electron chi connectivity index (χ4n) is 9.58. The Kier molecular flexibility index (Phi) is 32.2. The van der Waals surface area contributed by atoms with Gasteiger partial charge in [-0.05, 0) is 127 Å². The number of aromatic carboxylic acids is 2. The van der Waals surface area contributed by atoms with Crippen LogP contribution in [0.15, 0.2) is 243 Å². The van der Waals surface area contributed by atoms with Crippen LogP contribution in [-0.2, 0) is 40.9 Å². The van der Waals surface area contributed by atoms with Gasteiger partial charge in [-0.2, -0.15) is 72.6 Å². The number of hydrogen-bond donors (Lipinski definition) is 9. The molecule has 2 amide bonds. The second-order valence-electron chi connectivity index (χ2n) is 25.0. The Labute approximate surface area is 728 Å². The van der Waals surface area contributed by atoms with Crippen LogP contribution in [0.3, 0.4) is 0 Å². The van der Waals surface area contributed by atoms with E-state index in [0.29, 0.717) is 55.9 Å². The topological polar surface area (TPSA) is 513 Å². The number of esters is 1. The summed E-state index contributed by atoms with van der Waals surface area (Å²) in [5.41, 5.74) is 4.70. The van der Waals surface area contributed by atoms with E-state index in [1.165, 1.54) is 166 Å². The monoisotopic (exact) mass is 1850 g/mol. The third-order valence-electron chi connectivity index (χ3n) is 15.9. The molecule has 9 N–H and O–H groups in total. The highest BCUT2D eigenvalue weighted by Gasteiger charge is 2.33. The van der Waals surface area contributed by atoms with Gasteiger partial charge in [-0.15, -0.1) is 61.2 Å². The number of nitrogens with one attached hydrogen (secondary N) is 6. The Hall–Kier alpha value is -16.7. The lowest BCUT2D eigenvalue weighted by molar-refractivity contribution is -0.138. The first-order chi connectivity index (χ1) is 61.8. The molecule has 51 heteroatoms. The van der Waals surface area contributed by atoms with E-state index in [0.717, 1.165) is 54.1 Å². The summed E-state index contributed by atoms with van der Waals surface area (Å²) in [6.07, 6.45) is -12.5. The summed E-state index contributed by atoms with van der Waals surface area (Å²) in [5, 5.41) is 80.2. The molecule has 15 rings (SSSR count). The van der Waals surface area contributed by atoms with Crippen molar-refractivity contribution < 1.29 is 124 Å². The summed E-state index contributed by atoms with van der Waals surface area (Å²) in [7, 11) is 1.23. The molecule has 668 valence electrons. The number of oxazole rings is 4. The molecule has 0 aliphatic heterocycles. The quantitative estimate of drug-likeness (QED) is 0.0106. The zero-order valence-electron chi connectivity index (χ0n) is 65.3. The minimum Gasteiger partial charge on any atom is -0.476 e. The molecular weight excluding hydrogens is 1800 g/mol. The number of alkyl halides is 12. The third-order valence-corrected chi connectivity index (χ3v) is 16.3. The number of carbonyl (C=O) groups is 6. The molecule has 130 heavy (non-hydrogen) atoms. The van der Waals surface area contributed by atoms with Crippen LogP contribution in [0.1, 0.15) is 97.7 Å². The molecule has 0 atom stereocenters. The standard InChI is InChI=1S/C22H16F3N5O3.C16H11F3N4O3.C15H10F3N5O3.C15H9F3N4O3.C6H5ClN2O.C5H3ClN2O2/c23-22(24,25)16-8-6-15(7-9-16)18-13-32-21(26-18)27-19-11-10-17(28-29-19)20(31)30-33-12-14-4-2-1-3-5-14;1-25-14(24)11-6-7-13(23-22-11)21-15-20-12(8-26-15)9-2-4-10(5-3-9)16(17,18)19;16-15(17,18)9-3-1-8(2-4-9)11-7-26-14(19-11)20-12-6-5-10(21-22-12)13(24)23-25;16-15(17,18)9-3-1-8(2-4-9)11-7-25-14(19-11)20-12-6-5-10(13(23)24)21-22-12;1-4(10)5-2-3-6(7)9-8-5;6-4-2-1-3(5(9)10)7-8-4/h1-11,13H,12H2,(H,30,31)(H,26,27,29);2-8H,1H3,(H,20,21,23);1-7,25H,(H,23,24)(H,19,20,22);1-7H,(H,23,24)(H,19,20,22);2-3H,1H3;1-2H,(H,9,10). The number of rotatable bonds is 21. The first kappa shape index (κ1) is 95.5. The zero-order chi connectivity index (χ0) is 93.9. The smallest absolute Gasteiger partial charge is 0.416 e. The molecule has 37 nitrogen and oxygen atoms in total. The number of hydroxylamine groups is 2. The van der Waals surface area contributed by atoms with E-state index in [2.05, 4.69) is 113 Å². The minimum absolute atomic E-state index is 0.0338. The molecule has 0 fully saturated rings. The van der Waals surface area contributed by atoms with Crippen molar-refractivity contribution >= 4 is 106 Å². The van der Waals surface area contributed by atoms with Crippen molar-refractivity contribution in [2.45, 2.75) is 38.2 Å². The molecule has 10 aromatic heterocycles. The zero-order valence-corrected chi connectivity index (χ0v) is 66.8. The second kappa shape index (κ2) is 43.8. The van der Waals surface area contributed by atoms with E-state index in [1.54, 1.807) is 0 Å². The average molecular weight is 1850 g/mol. The van der Waals surface area contributed by atoms with Crippen LogP contribution >= 0.6 is 23.2 Å². The van der Waals surface area contributed by atoms with Gasteiger partial charge >= 0.3 is 66.7 Å². The first-order valence-electron chi connectivity index (χ1n) is 35.7. The van der Waals surface area contributed by atoms with Gasteiger partial charge in [0.25, 0.3) is 11.8 Å². The summed E-state index contributed by atoms with van der Waals surface area (Å²) in [6, 6.07) is 44.4. The van der Waals surface area contributed by atoms with Gasteiger partial charge in [-0.3, -0.25) is 45.7 Å². The molecular formula is C79H54Cl2F12N22O15. The summed E-state index contributed by atoms with van der Waals surface area (Å²) in [4.78, 5) is 87.6. The van der Waals surface area contributed by atoms with Gasteiger partial charge in [0.2, 0.25) is 0 Å². The van der Waals surface area contributed by atoms with Gasteiger partial charge in [0, 0.05) is 29.2 Å². The number of hydrogen-bond acceptors (Lipinski definition) is 33. The molecule has 0 saturated carbocycles. The maximum atomic E-state index is 12.7. The van der Waals surface area contributed by atoms with Gasteiger partial charge in [0.15, 0.2) is 67.8 Å². The van der Waals surface area contributed by atoms with Crippen molar-refractivity contribution in [2.24, 2.45) is 0 Å². The number of carbonyl (C=O) groups excluding carboxylic acids is 4. The van der Waals surface area contributed by atoms with Crippen molar-refractivity contribution in [3.8, 4) is 45.0 Å². The summed E-state index contributed by atoms with van der Waals surface area (Å²) in [5.74, 6) is -3.50. The maximum absolute atomic E-state index is 12.7. The molecule has 0 saturated heterocycles. The molecule has 5 aromatic carbocycles. The van der Waals surface area contributed by atoms with Gasteiger partial charge in [0.05, 0.1) is 36.0 Å². The minimum atomic E-state index is -4.41. The predicted octanol–water partition coefficient (Wildman–Crippen LogP) is 17.2. The van der Waals surface area contributed by atoms with Gasteiger partial charge < -0.3 is 32.6 Å². The van der Waals surface area contributed by atoms with Gasteiger partial charge in [-0.1, -0.05) is 102 Å². The largest absolute Gasteiger partial charge is 0.476 e. The number of anilines is 8. The van der Waals surface area contributed by atoms with Crippen LogP contribution in [0.5, 0.6) is 0 Å². The number of methoxy groups -OCH3 is 1. The molecule has 10 heterocycles. The van der Waals surface area contributed by atoms with Crippen LogP contribution in [0.2, 0.25) is 10.3 Å². The van der Waals surface area contributed by atoms with Crippen LogP contribution in [0.4, 0.5) is 100 Å². The highest BCUT2D eigenvalue weighted by Crippen LogP contribution is 2.36. The number of halogens is 14. The van der Waals surface area contributed by atoms with E-state index in [1.807, 2.05) is 30.3 Å². The first-order valence-corrected chi connectivity index (χ1v) is 36.5. The van der Waals surface area contributed by atoms with Crippen molar-refractivity contribution in [3.05, 3.63) is 298 Å². The van der Waals surface area contributed by atoms with Crippen molar-refractivity contribution in [2.75, 3.05) is 28.4 Å². The Balaban J connectivity index is 0.000000168. The number of ether oxygens (including phenoxy) is 1. The summed E-state index contributed by atoms with van der Waals surface area (Å²) >= 11 is 10.8. The Bertz CT molecular complexity index is 6070. The molecule has 0 spiro atoms. The highest BCUT2D eigenvalue weighted by molar-refractivity contribution is 6.29. The Morgan fingerprint density at radius 2 is 0.638 bits per heavy atom. The number of benzene rings is 5. The lowest BCUT2D eigenvalue weighted by Gasteiger charge is -2.06. The van der Waals surface area contributed by atoms with E-state index in [4.69, 9.17) is 61.1 Å². The van der Waals surface area contributed by atoms with Crippen molar-refractivity contribution in [1.29, 1.82) is 0 Å². The highest BCUT2D eigenvalue weighted by atomic mass is 35.5. The van der Waals surface area contributed by atoms with Crippen LogP contribution < -0.4 is 32.2 Å². The number of Topliss-reactive ketones (excluding diaryl/α,β-unsaturated/α-hetero) is 1. The second-order valence-corrected chi connectivity index (χ2v) is 25.7. The van der Waals surface area contributed by atoms with Crippen LogP contribution in [0.25, 0.3) is 45.0 Å². The van der Waals surface area contributed by atoms with E-state index in [-0.39, 0.29) is 93.3 Å². The molecule has 0 bridgehead atoms. The Morgan fingerprint density at radius 3 is 0.900 bits per heavy atom. The van der Waals surface area contributed by atoms with Crippen LogP contribution in [-0.4, -0.2) is 139 Å². The number of ketones is 1. The molecule has 0 radical (unpaired) electrons. The summed E-state index contributed by atoms with van der Waals surface area (Å²) in [6.45, 7) is 1.63. The molecule has 0 unspecified atom stereocenters. The number of nitrogens with zero attached hydrogens (tertiary/aromatic N) is 16. The normalized spacial score (nSPS) is 11.0. The number of amides is 2. The number of aromatic nitrogens is 16. The lowest BCUT2D eigenvalue weighted by Crippen LogP contribution is -2.24. The molecule has 15 aromatic rings. The SMILES string of the molecule is CC(=O)c1ccc(Cl)nn1.COC(=O)c1ccc(Nc2nc(-c3ccc(C(F)(F)F)cc3)co2)nn1.O=C(NO)c1ccc(Nc2nc(-c3ccc(C(F)(F)F)cc3)co2)nn1.O=C(NOCc1ccccc1)c1ccc(Nc2nc(-c3ccc(C(F)(F)F)cc3)co2)nn1.O=C(O)c1ccc(Cl)nn1.O=C(O)c1ccc(Nc2nc(-c3ccc(C(F)(F)F)cc3)co2)nn1. The van der Waals surface area contributed by atoms with Crippen LogP contribution in [0, 0.1) is 0 Å². The number of carboxylic acids is 2. The fourth-order valence-corrected chi connectivity index (χ4v) is 9.78. The molecule has 0 aliphatic rings. The van der Waals surface area contributed by atoms with E-state index >= 15 is 0 Å². The average Bonchev–Trinajstić information content (AvgIpc) is 1.67. The van der Waals surface area contributed by atoms with Crippen molar-refractivity contribution in [1.82, 2.24) is 92.1 Å². The maximum Gasteiger partial charge on any atom is 0.416 e. The fraction of sp³-hybridized carbons (Fsp3) is 0.0886. The van der Waals surface area contributed by atoms with E-state index < -0.39 is 76.7 Å². The summed E-state index contributed by atoms with van der Waals surface area (Å²) < 4.78 is 177. The lowest BCUT2D eigenvalue weighted by atomic mass is 10.1. The van der Waals surface area contributed by atoms with E-state index in [9.17, 15) is 81.5 Å². The third kappa shape index (κ3) is 28.7. The van der Waals surface area contributed by atoms with Crippen molar-refractivity contribution in [3.63, 3.8) is 0 Å². The number of carboxylic acid groups (broad SMARTS) is 2. The van der Waals surface area contributed by atoms with Gasteiger partial charge in [-0.25, -0.2) is 25.3 Å².